The van der Waals surface area contributed by atoms with Crippen LogP contribution in [-0.2, 0) is 4.79 Å². The molecule has 2 aromatic rings. The first kappa shape index (κ1) is 16.6. The van der Waals surface area contributed by atoms with Crippen LogP contribution < -0.4 is 10.2 Å². The molecule has 0 unspecified atom stereocenters. The number of rotatable bonds is 6. The van der Waals surface area contributed by atoms with E-state index in [1.54, 1.807) is 24.5 Å². The van der Waals surface area contributed by atoms with Crippen LogP contribution in [0.4, 0.5) is 22.7 Å². The molecule has 0 aliphatic carbocycles. The molecule has 1 aromatic carbocycles. The van der Waals surface area contributed by atoms with Crippen molar-refractivity contribution in [2.45, 2.75) is 20.8 Å². The van der Waals surface area contributed by atoms with Gasteiger partial charge in [0.25, 0.3) is 0 Å². The monoisotopic (exact) mass is 311 g/mol. The summed E-state index contributed by atoms with van der Waals surface area (Å²) in [5.41, 5.74) is 3.02. The molecular formula is C17H21N5O. The van der Waals surface area contributed by atoms with Gasteiger partial charge in [-0.25, -0.2) is 0 Å². The average molecular weight is 311 g/mol. The lowest BCUT2D eigenvalue weighted by Gasteiger charge is -2.22. The van der Waals surface area contributed by atoms with Crippen molar-refractivity contribution in [2.75, 3.05) is 23.3 Å². The van der Waals surface area contributed by atoms with Gasteiger partial charge in [0, 0.05) is 38.1 Å². The molecule has 1 N–H and O–H groups in total. The van der Waals surface area contributed by atoms with E-state index in [-0.39, 0.29) is 5.91 Å². The lowest BCUT2D eigenvalue weighted by atomic mass is 10.2. The molecule has 6 nitrogen and oxygen atoms in total. The van der Waals surface area contributed by atoms with E-state index >= 15 is 0 Å². The third-order valence-electron chi connectivity index (χ3n) is 3.36. The van der Waals surface area contributed by atoms with Crippen LogP contribution in [0.3, 0.4) is 0 Å². The predicted molar refractivity (Wildman–Crippen MR) is 92.7 cm³/mol. The highest BCUT2D eigenvalue weighted by Crippen LogP contribution is 2.31. The number of amides is 1. The fourth-order valence-electron chi connectivity index (χ4n) is 2.21. The summed E-state index contributed by atoms with van der Waals surface area (Å²) in [7, 11) is 0. The minimum absolute atomic E-state index is 0.137. The maximum absolute atomic E-state index is 11.5. The number of hydrogen-bond acceptors (Lipinski definition) is 5. The average Bonchev–Trinajstić information content (AvgIpc) is 2.55. The predicted octanol–water partition coefficient (Wildman–Crippen LogP) is 4.30. The highest BCUT2D eigenvalue weighted by atomic mass is 16.1. The van der Waals surface area contributed by atoms with Gasteiger partial charge in [-0.15, -0.1) is 5.11 Å². The van der Waals surface area contributed by atoms with Crippen LogP contribution >= 0.6 is 0 Å². The molecule has 0 radical (unpaired) electrons. The summed E-state index contributed by atoms with van der Waals surface area (Å²) in [5, 5.41) is 11.2. The van der Waals surface area contributed by atoms with Crippen LogP contribution in [0.25, 0.3) is 0 Å². The molecule has 0 aliphatic heterocycles. The number of aromatic nitrogens is 1. The highest BCUT2D eigenvalue weighted by Gasteiger charge is 2.08. The Morgan fingerprint density at radius 3 is 2.43 bits per heavy atom. The summed E-state index contributed by atoms with van der Waals surface area (Å²) in [6, 6.07) is 9.32. The number of azo groups is 1. The fraction of sp³-hybridized carbons (Fsp3) is 0.294. The molecule has 0 spiro atoms. The number of nitrogens with zero attached hydrogens (tertiary/aromatic N) is 4. The highest BCUT2D eigenvalue weighted by molar-refractivity contribution is 5.92. The van der Waals surface area contributed by atoms with Crippen LogP contribution in [0.1, 0.15) is 20.8 Å². The van der Waals surface area contributed by atoms with Gasteiger partial charge in [0.15, 0.2) is 0 Å². The normalized spacial score (nSPS) is 10.7. The van der Waals surface area contributed by atoms with Gasteiger partial charge in [-0.05, 0) is 44.2 Å². The van der Waals surface area contributed by atoms with Crippen LogP contribution in [0, 0.1) is 0 Å². The zero-order chi connectivity index (χ0) is 16.7. The van der Waals surface area contributed by atoms with Crippen LogP contribution in [-0.4, -0.2) is 24.0 Å². The summed E-state index contributed by atoms with van der Waals surface area (Å²) in [6.07, 6.45) is 3.32. The lowest BCUT2D eigenvalue weighted by Crippen LogP contribution is -2.21. The van der Waals surface area contributed by atoms with Crippen molar-refractivity contribution in [1.82, 2.24) is 4.98 Å². The second kappa shape index (κ2) is 8.03. The molecule has 1 amide bonds. The molecule has 0 aliphatic rings. The quantitative estimate of drug-likeness (QED) is 0.808. The van der Waals surface area contributed by atoms with E-state index in [1.807, 2.05) is 18.2 Å². The van der Waals surface area contributed by atoms with Gasteiger partial charge < -0.3 is 10.2 Å². The van der Waals surface area contributed by atoms with Crippen molar-refractivity contribution in [1.29, 1.82) is 0 Å². The van der Waals surface area contributed by atoms with E-state index in [2.05, 4.69) is 39.3 Å². The SMILES string of the molecule is CCN(CC)c1ccc(/N=N/c2ccncc2)c(NC(C)=O)c1. The topological polar surface area (TPSA) is 70.0 Å². The van der Waals surface area contributed by atoms with Gasteiger partial charge in [-0.2, -0.15) is 5.11 Å². The summed E-state index contributed by atoms with van der Waals surface area (Å²) in [6.45, 7) is 7.47. The van der Waals surface area contributed by atoms with Crippen molar-refractivity contribution in [2.24, 2.45) is 10.2 Å². The molecule has 1 heterocycles. The molecule has 0 fully saturated rings. The number of nitrogens with one attached hydrogen (secondary N) is 1. The molecule has 0 saturated carbocycles. The van der Waals surface area contributed by atoms with Gasteiger partial charge in [-0.3, -0.25) is 9.78 Å². The summed E-state index contributed by atoms with van der Waals surface area (Å²) in [5.74, 6) is -0.137. The molecule has 0 atom stereocenters. The third kappa shape index (κ3) is 4.60. The Hall–Kier alpha value is -2.76. The zero-order valence-corrected chi connectivity index (χ0v) is 13.7. The first-order valence-electron chi connectivity index (χ1n) is 7.62. The standard InChI is InChI=1S/C17H21N5O/c1-4-22(5-2)15-6-7-16(17(12-15)19-13(3)23)21-20-14-8-10-18-11-9-14/h6-12H,4-5H2,1-3H3,(H,19,23)/b21-20+. The van der Waals surface area contributed by atoms with Crippen molar-refractivity contribution >= 4 is 28.7 Å². The molecule has 0 bridgehead atoms. The van der Waals surface area contributed by atoms with Crippen LogP contribution in [0.5, 0.6) is 0 Å². The molecule has 0 saturated heterocycles. The van der Waals surface area contributed by atoms with Gasteiger partial charge in [0.1, 0.15) is 5.69 Å². The largest absolute Gasteiger partial charge is 0.372 e. The third-order valence-corrected chi connectivity index (χ3v) is 3.36. The minimum atomic E-state index is -0.137. The van der Waals surface area contributed by atoms with Gasteiger partial charge in [-0.1, -0.05) is 0 Å². The maximum Gasteiger partial charge on any atom is 0.221 e. The second-order valence-electron chi connectivity index (χ2n) is 4.96. The Balaban J connectivity index is 2.34. The van der Waals surface area contributed by atoms with Crippen LogP contribution in [0.2, 0.25) is 0 Å². The number of carbonyl (C=O) groups is 1. The Labute approximate surface area is 136 Å². The molecule has 2 rings (SSSR count). The summed E-state index contributed by atoms with van der Waals surface area (Å²) < 4.78 is 0. The van der Waals surface area contributed by atoms with E-state index in [0.29, 0.717) is 17.1 Å². The summed E-state index contributed by atoms with van der Waals surface area (Å²) >= 11 is 0. The van der Waals surface area contributed by atoms with Crippen molar-refractivity contribution in [3.05, 3.63) is 42.7 Å². The molecule has 6 heteroatoms. The Morgan fingerprint density at radius 1 is 1.13 bits per heavy atom. The first-order chi connectivity index (χ1) is 11.1. The Morgan fingerprint density at radius 2 is 1.83 bits per heavy atom. The number of anilines is 2. The Bertz CT molecular complexity index is 681. The lowest BCUT2D eigenvalue weighted by molar-refractivity contribution is -0.114. The number of hydrogen-bond donors (Lipinski definition) is 1. The smallest absolute Gasteiger partial charge is 0.221 e. The van der Waals surface area contributed by atoms with Gasteiger partial charge in [0.2, 0.25) is 5.91 Å². The molecular weight excluding hydrogens is 290 g/mol. The second-order valence-corrected chi connectivity index (χ2v) is 4.96. The molecule has 23 heavy (non-hydrogen) atoms. The number of carbonyl (C=O) groups excluding carboxylic acids is 1. The summed E-state index contributed by atoms with van der Waals surface area (Å²) in [4.78, 5) is 17.6. The fourth-order valence-corrected chi connectivity index (χ4v) is 2.21. The van der Waals surface area contributed by atoms with Crippen molar-refractivity contribution in [3.63, 3.8) is 0 Å². The molecule has 1 aromatic heterocycles. The van der Waals surface area contributed by atoms with Crippen LogP contribution in [0.15, 0.2) is 53.0 Å². The van der Waals surface area contributed by atoms with E-state index < -0.39 is 0 Å². The first-order valence-corrected chi connectivity index (χ1v) is 7.62. The zero-order valence-electron chi connectivity index (χ0n) is 13.7. The van der Waals surface area contributed by atoms with Crippen molar-refractivity contribution in [3.8, 4) is 0 Å². The van der Waals surface area contributed by atoms with E-state index in [4.69, 9.17) is 0 Å². The number of benzene rings is 1. The number of pyridine rings is 1. The maximum atomic E-state index is 11.5. The van der Waals surface area contributed by atoms with E-state index in [9.17, 15) is 4.79 Å². The van der Waals surface area contributed by atoms with Gasteiger partial charge >= 0.3 is 0 Å². The minimum Gasteiger partial charge on any atom is -0.372 e. The molecule has 120 valence electrons. The Kier molecular flexibility index (Phi) is 5.80. The van der Waals surface area contributed by atoms with Gasteiger partial charge in [0.05, 0.1) is 11.4 Å². The van der Waals surface area contributed by atoms with Crippen molar-refractivity contribution < 1.29 is 4.79 Å². The van der Waals surface area contributed by atoms with E-state index in [0.717, 1.165) is 18.8 Å². The van der Waals surface area contributed by atoms with E-state index in [1.165, 1.54) is 6.92 Å².